The number of amides is 1. The van der Waals surface area contributed by atoms with Crippen molar-refractivity contribution >= 4 is 126 Å². The summed E-state index contributed by atoms with van der Waals surface area (Å²) in [6, 6.07) is 8.48. The van der Waals surface area contributed by atoms with E-state index >= 15 is 0 Å². The number of likely N-dealkylation sites (N-methyl/N-ethyl adjacent to an activating group) is 2. The number of aliphatic carboxylic acids is 1. The SMILES string of the molecule is CCOC(=O)Cn1ncc2c(Cl)nccc21.CN(CCN)C1CCCCC1.CN(CCNC(=O)Cn1ncc2c(Cl)nccc21)C1CCCCC1.O=C(O)Cn1ncc2c(Cl)nccc21.O=Cc1c(I)ccnc1Cl. The van der Waals surface area contributed by atoms with Gasteiger partial charge in [-0.1, -0.05) is 84.9 Å². The van der Waals surface area contributed by atoms with Gasteiger partial charge in [-0.3, -0.25) is 33.2 Å². The monoisotopic (exact) mass is 1220 g/mol. The van der Waals surface area contributed by atoms with E-state index in [2.05, 4.69) is 64.4 Å². The maximum Gasteiger partial charge on any atom is 0.327 e. The Kier molecular flexibility index (Phi) is 25.7. The Morgan fingerprint density at radius 2 is 1.12 bits per heavy atom. The van der Waals surface area contributed by atoms with Crippen molar-refractivity contribution in [2.45, 2.75) is 103 Å². The first-order valence-electron chi connectivity index (χ1n) is 24.5. The number of esters is 1. The van der Waals surface area contributed by atoms with Gasteiger partial charge < -0.3 is 30.7 Å². The van der Waals surface area contributed by atoms with Crippen LogP contribution in [-0.2, 0) is 38.8 Å². The number of rotatable bonds is 15. The fraction of sp³-hybridized carbons (Fsp3) is 0.460. The van der Waals surface area contributed by atoms with Gasteiger partial charge in [0.05, 0.1) is 63.5 Å². The first-order chi connectivity index (χ1) is 36.1. The van der Waals surface area contributed by atoms with Gasteiger partial charge in [-0.25, -0.2) is 19.9 Å². The van der Waals surface area contributed by atoms with Crippen molar-refractivity contribution < 1.29 is 29.0 Å². The number of carboxylic acids is 1. The lowest BCUT2D eigenvalue weighted by atomic mass is 9.94. The second-order valence-corrected chi connectivity index (χ2v) is 20.1. The van der Waals surface area contributed by atoms with Gasteiger partial charge in [0.25, 0.3) is 0 Å². The third kappa shape index (κ3) is 18.8. The van der Waals surface area contributed by atoms with Crippen LogP contribution >= 0.6 is 69.0 Å². The number of nitrogens with one attached hydrogen (secondary N) is 1. The first-order valence-corrected chi connectivity index (χ1v) is 27.1. The number of carbonyl (C=O) groups excluding carboxylic acids is 3. The van der Waals surface area contributed by atoms with Gasteiger partial charge in [0.1, 0.15) is 40.2 Å². The summed E-state index contributed by atoms with van der Waals surface area (Å²) in [7, 11) is 4.35. The van der Waals surface area contributed by atoms with E-state index in [9.17, 15) is 19.2 Å². The minimum absolute atomic E-state index is 0.0371. The fourth-order valence-corrected chi connectivity index (χ4v) is 9.97. The number of hydrogen-bond acceptors (Lipinski definition) is 15. The highest BCUT2D eigenvalue weighted by Gasteiger charge is 2.19. The molecule has 0 spiro atoms. The first kappa shape index (κ1) is 60.7. The highest BCUT2D eigenvalue weighted by atomic mass is 127. The normalized spacial score (nSPS) is 13.7. The number of nitrogens with two attached hydrogens (primary N) is 1. The molecule has 20 nitrogen and oxygen atoms in total. The molecule has 7 aromatic rings. The van der Waals surface area contributed by atoms with Crippen LogP contribution in [0.2, 0.25) is 20.6 Å². The van der Waals surface area contributed by atoms with E-state index < -0.39 is 5.97 Å². The lowest BCUT2D eigenvalue weighted by Crippen LogP contribution is -2.40. The van der Waals surface area contributed by atoms with Crippen LogP contribution in [0.1, 0.15) is 81.5 Å². The van der Waals surface area contributed by atoms with E-state index in [1.165, 1.54) is 81.3 Å². The predicted molar refractivity (Wildman–Crippen MR) is 300 cm³/mol. The summed E-state index contributed by atoms with van der Waals surface area (Å²) in [6.07, 6.45) is 25.3. The van der Waals surface area contributed by atoms with Crippen molar-refractivity contribution in [1.29, 1.82) is 0 Å². The molecule has 2 fully saturated rings. The maximum absolute atomic E-state index is 12.2. The van der Waals surface area contributed by atoms with Crippen LogP contribution in [0.3, 0.4) is 0 Å². The predicted octanol–water partition coefficient (Wildman–Crippen LogP) is 8.64. The zero-order valence-corrected chi connectivity index (χ0v) is 47.3. The van der Waals surface area contributed by atoms with Gasteiger partial charge >= 0.3 is 11.9 Å². The standard InChI is InChI=1S/C17H24ClN5O.C10H10ClN3O2.C9H20N2.C8H6ClN3O2.C6H3ClINO/c1-22(13-5-3-2-4-6-13)10-9-19-16(24)12-23-15-7-8-20-17(18)14(15)11-21-23;1-2-16-9(15)6-14-8-3-4-12-10(11)7(8)5-13-14;1-11(8-7-10)9-5-3-2-4-6-9;9-8-5-3-11-12(4-7(13)14)6(5)1-2-10-8;7-6-4(3-10)5(8)1-2-9-6/h7-8,11,13H,2-6,9-10,12H2,1H3,(H,19,24);3-5H,2,6H2,1H3;9H,2-8,10H2,1H3;1-3H,4H2,(H,13,14);1-3H. The molecule has 2 aliphatic carbocycles. The Morgan fingerprint density at radius 3 is 1.53 bits per heavy atom. The van der Waals surface area contributed by atoms with Crippen LogP contribution in [-0.4, -0.2) is 147 Å². The van der Waals surface area contributed by atoms with Crippen molar-refractivity contribution in [2.75, 3.05) is 46.9 Å². The fourth-order valence-electron chi connectivity index (χ4n) is 8.46. The smallest absolute Gasteiger partial charge is 0.327 e. The van der Waals surface area contributed by atoms with Crippen LogP contribution in [0.5, 0.6) is 0 Å². The van der Waals surface area contributed by atoms with Gasteiger partial charge in [-0.2, -0.15) is 15.3 Å². The summed E-state index contributed by atoms with van der Waals surface area (Å²) >= 11 is 25.3. The Labute approximate surface area is 469 Å². The van der Waals surface area contributed by atoms with Crippen LogP contribution < -0.4 is 11.1 Å². The Bertz CT molecular complexity index is 2910. The molecular weight excluding hydrogens is 1160 g/mol. The minimum Gasteiger partial charge on any atom is -0.480 e. The van der Waals surface area contributed by atoms with Crippen LogP contribution in [0, 0.1) is 3.57 Å². The average Bonchev–Trinajstić information content (AvgIpc) is 4.14. The number of ether oxygens (including phenoxy) is 1. The van der Waals surface area contributed by atoms with Crippen molar-refractivity contribution in [2.24, 2.45) is 5.73 Å². The zero-order chi connectivity index (χ0) is 54.3. The lowest BCUT2D eigenvalue weighted by molar-refractivity contribution is -0.144. The van der Waals surface area contributed by atoms with E-state index in [4.69, 9.17) is 62.0 Å². The summed E-state index contributed by atoms with van der Waals surface area (Å²) in [6.45, 7) is 5.62. The van der Waals surface area contributed by atoms with Crippen LogP contribution in [0.15, 0.2) is 67.6 Å². The molecule has 25 heteroatoms. The topological polar surface area (TPSA) is 247 Å². The Morgan fingerprint density at radius 1 is 0.693 bits per heavy atom. The summed E-state index contributed by atoms with van der Waals surface area (Å²) < 4.78 is 10.2. The molecule has 1 amide bonds. The number of carboxylic acid groups (broad SMARTS) is 1. The zero-order valence-electron chi connectivity index (χ0n) is 42.1. The summed E-state index contributed by atoms with van der Waals surface area (Å²) in [5, 5.41) is 27.3. The number of halogens is 5. The minimum atomic E-state index is -0.942. The number of carbonyl (C=O) groups is 4. The van der Waals surface area contributed by atoms with E-state index in [0.717, 1.165) is 51.1 Å². The summed E-state index contributed by atoms with van der Waals surface area (Å²) in [5.74, 6) is -1.30. The maximum atomic E-state index is 12.2. The molecule has 2 aliphatic rings. The third-order valence-corrected chi connectivity index (χ3v) is 14.5. The molecule has 404 valence electrons. The highest BCUT2D eigenvalue weighted by molar-refractivity contribution is 14.1. The summed E-state index contributed by atoms with van der Waals surface area (Å²) in [5.41, 5.74) is 8.23. The number of pyridine rings is 4. The van der Waals surface area contributed by atoms with Gasteiger partial charge in [0, 0.05) is 66.6 Å². The number of nitrogens with zero attached hydrogens (tertiary/aromatic N) is 12. The number of hydrogen-bond donors (Lipinski definition) is 3. The summed E-state index contributed by atoms with van der Waals surface area (Å²) in [4.78, 5) is 64.6. The van der Waals surface area contributed by atoms with E-state index in [0.29, 0.717) is 57.4 Å². The second-order valence-electron chi connectivity index (χ2n) is 17.5. The molecule has 4 N–H and O–H groups in total. The molecule has 0 radical (unpaired) electrons. The average molecular weight is 1220 g/mol. The molecule has 0 unspecified atom stereocenters. The highest BCUT2D eigenvalue weighted by Crippen LogP contribution is 2.24. The molecule has 0 atom stereocenters. The van der Waals surface area contributed by atoms with Gasteiger partial charge in [-0.05, 0) is 93.6 Å². The second kappa shape index (κ2) is 31.8. The molecule has 9 rings (SSSR count). The molecule has 7 aromatic heterocycles. The van der Waals surface area contributed by atoms with Gasteiger partial charge in [0.2, 0.25) is 5.91 Å². The molecule has 2 saturated carbocycles. The van der Waals surface area contributed by atoms with Crippen molar-refractivity contribution in [3.05, 3.63) is 97.4 Å². The van der Waals surface area contributed by atoms with E-state index in [1.807, 2.05) is 28.7 Å². The number of fused-ring (bicyclic) bond motifs is 3. The molecule has 7 heterocycles. The van der Waals surface area contributed by atoms with Crippen molar-refractivity contribution in [1.82, 2.24) is 64.4 Å². The molecule has 0 bridgehead atoms. The van der Waals surface area contributed by atoms with Crippen LogP contribution in [0.25, 0.3) is 32.7 Å². The van der Waals surface area contributed by atoms with Crippen molar-refractivity contribution in [3.8, 4) is 0 Å². The van der Waals surface area contributed by atoms with E-state index in [1.54, 1.807) is 65.5 Å². The Hall–Kier alpha value is -5.14. The molecule has 75 heavy (non-hydrogen) atoms. The van der Waals surface area contributed by atoms with Crippen LogP contribution in [0.4, 0.5) is 0 Å². The van der Waals surface area contributed by atoms with Gasteiger partial charge in [0.15, 0.2) is 6.29 Å². The Balaban J connectivity index is 0.000000180. The largest absolute Gasteiger partial charge is 0.480 e. The quantitative estimate of drug-likeness (QED) is 0.0376. The molecular formula is C50H63Cl4IN14O6. The van der Waals surface area contributed by atoms with Crippen molar-refractivity contribution in [3.63, 3.8) is 0 Å². The molecule has 0 aromatic carbocycles. The molecule has 0 saturated heterocycles. The number of aromatic nitrogens is 10. The molecule has 0 aliphatic heterocycles. The van der Waals surface area contributed by atoms with Gasteiger partial charge in [-0.15, -0.1) is 0 Å². The lowest BCUT2D eigenvalue weighted by Gasteiger charge is -2.31. The third-order valence-electron chi connectivity index (χ3n) is 12.4. The number of aldehydes is 1. The van der Waals surface area contributed by atoms with E-state index in [-0.39, 0.29) is 36.7 Å².